The van der Waals surface area contributed by atoms with Gasteiger partial charge in [0.2, 0.25) is 0 Å². The molecule has 0 saturated carbocycles. The van der Waals surface area contributed by atoms with Crippen molar-refractivity contribution in [3.05, 3.63) is 59.7 Å². The molecule has 0 N–H and O–H groups in total. The molecule has 0 bridgehead atoms. The second-order valence-corrected chi connectivity index (χ2v) is 8.14. The molecule has 0 radical (unpaired) electrons. The standard InChI is InChI=1S/C21H26N2O2S/c1-16(2)17-7-9-19(10-8-17)25-21(24)18-5-4-6-20(15-18)26-23-13-11-22(3)12-14-23/h4-10,15-16H,11-14H2,1-3H3. The Morgan fingerprint density at radius 2 is 1.73 bits per heavy atom. The first kappa shape index (κ1) is 19.0. The number of carbonyl (C=O) groups is 1. The van der Waals surface area contributed by atoms with Crippen molar-refractivity contribution in [1.29, 1.82) is 0 Å². The molecule has 1 saturated heterocycles. The summed E-state index contributed by atoms with van der Waals surface area (Å²) in [5, 5.41) is 0. The van der Waals surface area contributed by atoms with Crippen LogP contribution in [-0.4, -0.2) is 48.4 Å². The Kier molecular flexibility index (Phi) is 6.35. The van der Waals surface area contributed by atoms with E-state index in [1.807, 2.05) is 42.5 Å². The lowest BCUT2D eigenvalue weighted by molar-refractivity contribution is 0.0734. The average Bonchev–Trinajstić information content (AvgIpc) is 2.64. The fourth-order valence-corrected chi connectivity index (χ4v) is 3.76. The first-order chi connectivity index (χ1) is 12.5. The second kappa shape index (κ2) is 8.71. The Bertz CT molecular complexity index is 738. The summed E-state index contributed by atoms with van der Waals surface area (Å²) < 4.78 is 7.87. The van der Waals surface area contributed by atoms with Gasteiger partial charge in [-0.15, -0.1) is 0 Å². The molecule has 1 fully saturated rings. The van der Waals surface area contributed by atoms with Crippen LogP contribution in [0.2, 0.25) is 0 Å². The van der Waals surface area contributed by atoms with Crippen LogP contribution in [0.5, 0.6) is 5.75 Å². The van der Waals surface area contributed by atoms with Crippen LogP contribution in [0.15, 0.2) is 53.4 Å². The van der Waals surface area contributed by atoms with E-state index in [1.165, 1.54) is 5.56 Å². The van der Waals surface area contributed by atoms with E-state index >= 15 is 0 Å². The van der Waals surface area contributed by atoms with Crippen molar-refractivity contribution < 1.29 is 9.53 Å². The molecule has 3 rings (SSSR count). The van der Waals surface area contributed by atoms with Gasteiger partial charge in [-0.25, -0.2) is 9.10 Å². The van der Waals surface area contributed by atoms with Crippen molar-refractivity contribution in [2.24, 2.45) is 0 Å². The quantitative estimate of drug-likeness (QED) is 0.446. The zero-order valence-corrected chi connectivity index (χ0v) is 16.5. The highest BCUT2D eigenvalue weighted by atomic mass is 32.2. The van der Waals surface area contributed by atoms with Crippen molar-refractivity contribution in [3.8, 4) is 5.75 Å². The number of benzene rings is 2. The van der Waals surface area contributed by atoms with Gasteiger partial charge in [0.15, 0.2) is 0 Å². The van der Waals surface area contributed by atoms with Crippen molar-refractivity contribution in [1.82, 2.24) is 9.21 Å². The first-order valence-electron chi connectivity index (χ1n) is 9.05. The summed E-state index contributed by atoms with van der Waals surface area (Å²) in [6, 6.07) is 15.4. The van der Waals surface area contributed by atoms with E-state index in [4.69, 9.17) is 4.74 Å². The molecule has 2 aromatic rings. The summed E-state index contributed by atoms with van der Waals surface area (Å²) >= 11 is 1.71. The molecular weight excluding hydrogens is 344 g/mol. The van der Waals surface area contributed by atoms with E-state index in [0.29, 0.717) is 17.2 Å². The Morgan fingerprint density at radius 1 is 1.04 bits per heavy atom. The molecule has 0 aromatic heterocycles. The SMILES string of the molecule is CC(C)c1ccc(OC(=O)c2cccc(SN3CCN(C)CC3)c2)cc1. The lowest BCUT2D eigenvalue weighted by atomic mass is 10.0. The molecular formula is C21H26N2O2S. The molecule has 138 valence electrons. The molecule has 0 unspecified atom stereocenters. The van der Waals surface area contributed by atoms with Gasteiger partial charge in [0, 0.05) is 31.1 Å². The van der Waals surface area contributed by atoms with Gasteiger partial charge in [-0.05, 0) is 60.8 Å². The maximum atomic E-state index is 12.5. The van der Waals surface area contributed by atoms with Crippen LogP contribution >= 0.6 is 11.9 Å². The monoisotopic (exact) mass is 370 g/mol. The highest BCUT2D eigenvalue weighted by Gasteiger charge is 2.16. The van der Waals surface area contributed by atoms with Gasteiger partial charge >= 0.3 is 5.97 Å². The molecule has 0 spiro atoms. The molecule has 4 nitrogen and oxygen atoms in total. The third-order valence-corrected chi connectivity index (χ3v) is 5.61. The predicted molar refractivity (Wildman–Crippen MR) is 107 cm³/mol. The van der Waals surface area contributed by atoms with Gasteiger partial charge in [0.1, 0.15) is 5.75 Å². The first-order valence-corrected chi connectivity index (χ1v) is 9.82. The number of nitrogens with zero attached hydrogens (tertiary/aromatic N) is 2. The second-order valence-electron chi connectivity index (χ2n) is 6.96. The van der Waals surface area contributed by atoms with Gasteiger partial charge in [-0.3, -0.25) is 0 Å². The lowest BCUT2D eigenvalue weighted by Gasteiger charge is -2.31. The summed E-state index contributed by atoms with van der Waals surface area (Å²) in [6.45, 7) is 8.48. The van der Waals surface area contributed by atoms with E-state index < -0.39 is 0 Å². The van der Waals surface area contributed by atoms with E-state index in [0.717, 1.165) is 31.1 Å². The Morgan fingerprint density at radius 3 is 2.38 bits per heavy atom. The summed E-state index contributed by atoms with van der Waals surface area (Å²) in [6.07, 6.45) is 0. The molecule has 1 aliphatic rings. The number of likely N-dealkylation sites (N-methyl/N-ethyl adjacent to an activating group) is 1. The van der Waals surface area contributed by atoms with E-state index in [1.54, 1.807) is 18.0 Å². The maximum Gasteiger partial charge on any atom is 0.343 e. The highest BCUT2D eigenvalue weighted by molar-refractivity contribution is 7.97. The normalized spacial score (nSPS) is 16.0. The molecule has 1 heterocycles. The van der Waals surface area contributed by atoms with Crippen molar-refractivity contribution >= 4 is 17.9 Å². The third-order valence-electron chi connectivity index (χ3n) is 4.52. The van der Waals surface area contributed by atoms with Gasteiger partial charge in [-0.1, -0.05) is 32.0 Å². The number of ether oxygens (including phenoxy) is 1. The summed E-state index contributed by atoms with van der Waals surface area (Å²) in [5.74, 6) is 0.725. The average molecular weight is 371 g/mol. The smallest absolute Gasteiger partial charge is 0.343 e. The molecule has 0 atom stereocenters. The summed E-state index contributed by atoms with van der Waals surface area (Å²) in [4.78, 5) is 15.9. The maximum absolute atomic E-state index is 12.5. The summed E-state index contributed by atoms with van der Waals surface area (Å²) in [5.41, 5.74) is 1.81. The molecule has 0 amide bonds. The zero-order valence-electron chi connectivity index (χ0n) is 15.6. The minimum absolute atomic E-state index is 0.317. The molecule has 0 aliphatic carbocycles. The number of rotatable bonds is 5. The van der Waals surface area contributed by atoms with Crippen molar-refractivity contribution in [2.75, 3.05) is 33.2 Å². The Hall–Kier alpha value is -1.82. The number of hydrogen-bond donors (Lipinski definition) is 0. The Balaban J connectivity index is 1.62. The van der Waals surface area contributed by atoms with Gasteiger partial charge < -0.3 is 9.64 Å². The van der Waals surface area contributed by atoms with Crippen LogP contribution < -0.4 is 4.74 Å². The number of piperazine rings is 1. The third kappa shape index (κ3) is 5.10. The van der Waals surface area contributed by atoms with Crippen LogP contribution in [0.25, 0.3) is 0 Å². The van der Waals surface area contributed by atoms with Gasteiger partial charge in [0.05, 0.1) is 5.56 Å². The van der Waals surface area contributed by atoms with E-state index in [2.05, 4.69) is 30.1 Å². The van der Waals surface area contributed by atoms with E-state index in [9.17, 15) is 4.79 Å². The number of hydrogen-bond acceptors (Lipinski definition) is 5. The number of esters is 1. The van der Waals surface area contributed by atoms with Crippen molar-refractivity contribution in [2.45, 2.75) is 24.7 Å². The van der Waals surface area contributed by atoms with Crippen LogP contribution in [0.3, 0.4) is 0 Å². The van der Waals surface area contributed by atoms with Gasteiger partial charge in [-0.2, -0.15) is 0 Å². The van der Waals surface area contributed by atoms with Crippen LogP contribution in [0.1, 0.15) is 35.7 Å². The van der Waals surface area contributed by atoms with Crippen LogP contribution in [0, 0.1) is 0 Å². The van der Waals surface area contributed by atoms with Gasteiger partial charge in [0.25, 0.3) is 0 Å². The predicted octanol–water partition coefficient (Wildman–Crippen LogP) is 4.28. The largest absolute Gasteiger partial charge is 0.423 e. The molecule has 26 heavy (non-hydrogen) atoms. The molecule has 2 aromatic carbocycles. The highest BCUT2D eigenvalue weighted by Crippen LogP contribution is 2.25. The Labute approximate surface area is 160 Å². The fraction of sp³-hybridized carbons (Fsp3) is 0.381. The zero-order chi connectivity index (χ0) is 18.5. The van der Waals surface area contributed by atoms with Crippen molar-refractivity contribution in [3.63, 3.8) is 0 Å². The summed E-state index contributed by atoms with van der Waals surface area (Å²) in [7, 11) is 2.15. The topological polar surface area (TPSA) is 32.8 Å². The lowest BCUT2D eigenvalue weighted by Crippen LogP contribution is -2.40. The van der Waals surface area contributed by atoms with Crippen LogP contribution in [-0.2, 0) is 0 Å². The van der Waals surface area contributed by atoms with Crippen LogP contribution in [0.4, 0.5) is 0 Å². The fourth-order valence-electron chi connectivity index (χ4n) is 2.80. The molecule has 1 aliphatic heterocycles. The molecule has 5 heteroatoms. The minimum atomic E-state index is -0.317. The minimum Gasteiger partial charge on any atom is -0.423 e. The number of carbonyl (C=O) groups excluding carboxylic acids is 1. The van der Waals surface area contributed by atoms with E-state index in [-0.39, 0.29) is 5.97 Å².